The van der Waals surface area contributed by atoms with Crippen molar-refractivity contribution in [1.82, 2.24) is 0 Å². The van der Waals surface area contributed by atoms with Gasteiger partial charge in [0, 0.05) is 11.1 Å². The summed E-state index contributed by atoms with van der Waals surface area (Å²) in [6.07, 6.45) is 3.95. The Hall–Kier alpha value is -1.40. The van der Waals surface area contributed by atoms with Gasteiger partial charge in [-0.05, 0) is 43.5 Å². The van der Waals surface area contributed by atoms with E-state index in [0.717, 1.165) is 25.7 Å². The third-order valence-electron chi connectivity index (χ3n) is 4.03. The molecule has 20 heavy (non-hydrogen) atoms. The normalized spacial score (nSPS) is 17.9. The molecule has 0 saturated heterocycles. The molecule has 110 valence electrons. The number of nitrogens with two attached hydrogens (primary N) is 1. The Labute approximate surface area is 119 Å². The number of benzene rings is 1. The Balaban J connectivity index is 2.20. The minimum atomic E-state index is -3.71. The molecule has 0 aromatic heterocycles. The number of rotatable bonds is 3. The van der Waals surface area contributed by atoms with Crippen LogP contribution in [0.3, 0.4) is 0 Å². The van der Waals surface area contributed by atoms with Gasteiger partial charge in [0.1, 0.15) is 0 Å². The van der Waals surface area contributed by atoms with E-state index in [1.807, 2.05) is 6.92 Å². The zero-order chi connectivity index (χ0) is 15.0. The van der Waals surface area contributed by atoms with E-state index in [-0.39, 0.29) is 16.2 Å². The maximum absolute atomic E-state index is 12.3. The van der Waals surface area contributed by atoms with Gasteiger partial charge in [-0.25, -0.2) is 13.6 Å². The summed E-state index contributed by atoms with van der Waals surface area (Å²) in [7, 11) is -3.71. The van der Waals surface area contributed by atoms with Crippen molar-refractivity contribution in [3.8, 4) is 0 Å². The zero-order valence-corrected chi connectivity index (χ0v) is 12.6. The third kappa shape index (κ3) is 3.02. The topological polar surface area (TPSA) is 89.3 Å². The maximum Gasteiger partial charge on any atom is 0.238 e. The summed E-state index contributed by atoms with van der Waals surface area (Å²) in [6, 6.07) is 4.47. The van der Waals surface area contributed by atoms with Crippen molar-refractivity contribution in [3.05, 3.63) is 23.8 Å². The van der Waals surface area contributed by atoms with Gasteiger partial charge in [-0.2, -0.15) is 0 Å². The number of carbonyl (C=O) groups excluding carboxylic acids is 1. The van der Waals surface area contributed by atoms with E-state index in [1.54, 1.807) is 13.0 Å². The molecule has 6 heteroatoms. The summed E-state index contributed by atoms with van der Waals surface area (Å²) in [5.74, 6) is 0.00135. The molecule has 1 aliphatic carbocycles. The van der Waals surface area contributed by atoms with Crippen molar-refractivity contribution in [2.24, 2.45) is 10.6 Å². The molecule has 3 N–H and O–H groups in total. The maximum atomic E-state index is 12.3. The molecule has 2 rings (SSSR count). The summed E-state index contributed by atoms with van der Waals surface area (Å²) in [5.41, 5.74) is 1.01. The van der Waals surface area contributed by atoms with Crippen molar-refractivity contribution >= 4 is 21.6 Å². The SMILES string of the molecule is Cc1cc(S(N)(=O)=O)ccc1NC(=O)C1(C)CCCC1. The zero-order valence-electron chi connectivity index (χ0n) is 11.8. The summed E-state index contributed by atoms with van der Waals surface area (Å²) in [4.78, 5) is 12.4. The second-order valence-corrected chi connectivity index (χ2v) is 7.31. The van der Waals surface area contributed by atoms with Crippen molar-refractivity contribution < 1.29 is 13.2 Å². The second kappa shape index (κ2) is 5.18. The van der Waals surface area contributed by atoms with E-state index in [2.05, 4.69) is 5.32 Å². The van der Waals surface area contributed by atoms with E-state index in [4.69, 9.17) is 5.14 Å². The fraction of sp³-hybridized carbons (Fsp3) is 0.500. The highest BCUT2D eigenvalue weighted by atomic mass is 32.2. The van der Waals surface area contributed by atoms with Gasteiger partial charge in [0.2, 0.25) is 15.9 Å². The highest BCUT2D eigenvalue weighted by Gasteiger charge is 2.36. The first kappa shape index (κ1) is 15.0. The van der Waals surface area contributed by atoms with Crippen LogP contribution < -0.4 is 10.5 Å². The summed E-state index contributed by atoms with van der Waals surface area (Å²) >= 11 is 0. The lowest BCUT2D eigenvalue weighted by molar-refractivity contribution is -0.124. The molecule has 0 radical (unpaired) electrons. The van der Waals surface area contributed by atoms with Crippen molar-refractivity contribution in [1.29, 1.82) is 0 Å². The molecule has 5 nitrogen and oxygen atoms in total. The van der Waals surface area contributed by atoms with Crippen LogP contribution in [0.25, 0.3) is 0 Å². The predicted molar refractivity (Wildman–Crippen MR) is 77.8 cm³/mol. The molecule has 1 fully saturated rings. The number of aryl methyl sites for hydroxylation is 1. The number of amides is 1. The van der Waals surface area contributed by atoms with E-state index < -0.39 is 10.0 Å². The third-order valence-corrected chi connectivity index (χ3v) is 4.94. The molecule has 0 spiro atoms. The molecule has 1 amide bonds. The molecule has 0 bridgehead atoms. The first-order chi connectivity index (χ1) is 9.22. The first-order valence-electron chi connectivity index (χ1n) is 6.67. The van der Waals surface area contributed by atoms with Gasteiger partial charge < -0.3 is 5.32 Å². The van der Waals surface area contributed by atoms with E-state index in [9.17, 15) is 13.2 Å². The summed E-state index contributed by atoms with van der Waals surface area (Å²) in [5, 5.41) is 7.98. The minimum absolute atomic E-state index is 0.00135. The van der Waals surface area contributed by atoms with Crippen LogP contribution in [-0.4, -0.2) is 14.3 Å². The molecule has 1 aliphatic rings. The molecule has 0 unspecified atom stereocenters. The average molecular weight is 296 g/mol. The van der Waals surface area contributed by atoms with E-state index in [0.29, 0.717) is 11.3 Å². The largest absolute Gasteiger partial charge is 0.325 e. The number of primary sulfonamides is 1. The van der Waals surface area contributed by atoms with Crippen LogP contribution >= 0.6 is 0 Å². The Morgan fingerprint density at radius 3 is 2.40 bits per heavy atom. The second-order valence-electron chi connectivity index (χ2n) is 5.74. The number of hydrogen-bond acceptors (Lipinski definition) is 3. The van der Waals surface area contributed by atoms with E-state index in [1.165, 1.54) is 12.1 Å². The Kier molecular flexibility index (Phi) is 3.88. The quantitative estimate of drug-likeness (QED) is 0.895. The Bertz CT molecular complexity index is 632. The van der Waals surface area contributed by atoms with Crippen molar-refractivity contribution in [2.45, 2.75) is 44.4 Å². The molecular weight excluding hydrogens is 276 g/mol. The fourth-order valence-corrected chi connectivity index (χ4v) is 3.21. The van der Waals surface area contributed by atoms with Crippen LogP contribution in [0.5, 0.6) is 0 Å². The number of sulfonamides is 1. The Morgan fingerprint density at radius 2 is 1.90 bits per heavy atom. The highest BCUT2D eigenvalue weighted by molar-refractivity contribution is 7.89. The molecule has 0 atom stereocenters. The Morgan fingerprint density at radius 1 is 1.30 bits per heavy atom. The monoisotopic (exact) mass is 296 g/mol. The van der Waals surface area contributed by atoms with Gasteiger partial charge in [-0.15, -0.1) is 0 Å². The van der Waals surface area contributed by atoms with Crippen LogP contribution in [0.2, 0.25) is 0 Å². The number of nitrogens with one attached hydrogen (secondary N) is 1. The smallest absolute Gasteiger partial charge is 0.238 e. The van der Waals surface area contributed by atoms with Gasteiger partial charge in [-0.3, -0.25) is 4.79 Å². The predicted octanol–water partition coefficient (Wildman–Crippen LogP) is 2.16. The van der Waals surface area contributed by atoms with Gasteiger partial charge in [0.25, 0.3) is 0 Å². The molecule has 1 aromatic carbocycles. The van der Waals surface area contributed by atoms with Crippen LogP contribution in [0.1, 0.15) is 38.2 Å². The molecule has 0 aliphatic heterocycles. The van der Waals surface area contributed by atoms with E-state index >= 15 is 0 Å². The van der Waals surface area contributed by atoms with Crippen molar-refractivity contribution in [2.75, 3.05) is 5.32 Å². The van der Waals surface area contributed by atoms with Crippen LogP contribution in [0.15, 0.2) is 23.1 Å². The lowest BCUT2D eigenvalue weighted by Crippen LogP contribution is -2.31. The minimum Gasteiger partial charge on any atom is -0.325 e. The van der Waals surface area contributed by atoms with Gasteiger partial charge >= 0.3 is 0 Å². The fourth-order valence-electron chi connectivity index (χ4n) is 2.61. The summed E-state index contributed by atoms with van der Waals surface area (Å²) < 4.78 is 22.5. The standard InChI is InChI=1S/C14H20N2O3S/c1-10-9-11(20(15,18)19)5-6-12(10)16-13(17)14(2)7-3-4-8-14/h5-6,9H,3-4,7-8H2,1-2H3,(H,16,17)(H2,15,18,19). The number of carbonyl (C=O) groups is 1. The van der Waals surface area contributed by atoms with Crippen molar-refractivity contribution in [3.63, 3.8) is 0 Å². The van der Waals surface area contributed by atoms with Gasteiger partial charge in [0.05, 0.1) is 4.90 Å². The summed E-state index contributed by atoms with van der Waals surface area (Å²) in [6.45, 7) is 3.73. The highest BCUT2D eigenvalue weighted by Crippen LogP contribution is 2.38. The lowest BCUT2D eigenvalue weighted by Gasteiger charge is -2.23. The number of anilines is 1. The van der Waals surface area contributed by atoms with Gasteiger partial charge in [-0.1, -0.05) is 19.8 Å². The van der Waals surface area contributed by atoms with Gasteiger partial charge in [0.15, 0.2) is 0 Å². The lowest BCUT2D eigenvalue weighted by atomic mass is 9.87. The average Bonchev–Trinajstić information content (AvgIpc) is 2.78. The first-order valence-corrected chi connectivity index (χ1v) is 8.22. The van der Waals surface area contributed by atoms with Crippen LogP contribution in [-0.2, 0) is 14.8 Å². The van der Waals surface area contributed by atoms with Crippen LogP contribution in [0.4, 0.5) is 5.69 Å². The van der Waals surface area contributed by atoms with Crippen LogP contribution in [0, 0.1) is 12.3 Å². The number of hydrogen-bond donors (Lipinski definition) is 2. The molecule has 1 aromatic rings. The molecular formula is C14H20N2O3S. The molecule has 0 heterocycles. The molecule has 1 saturated carbocycles.